The lowest BCUT2D eigenvalue weighted by Crippen LogP contribution is -2.27. The molecule has 0 spiro atoms. The van der Waals surface area contributed by atoms with E-state index in [1.807, 2.05) is 18.2 Å². The van der Waals surface area contributed by atoms with Gasteiger partial charge in [0.2, 0.25) is 10.0 Å². The van der Waals surface area contributed by atoms with Crippen LogP contribution in [0, 0.1) is 0 Å². The summed E-state index contributed by atoms with van der Waals surface area (Å²) in [6, 6.07) is 10.9. The number of primary sulfonamides is 1. The number of nitrogens with two attached hydrogens (primary N) is 1. The monoisotopic (exact) mass is 368 g/mol. The number of sulfonamides is 1. The molecule has 2 rings (SSSR count). The molecule has 0 fully saturated rings. The topological polar surface area (TPSA) is 98.5 Å². The number of nitrogens with one attached hydrogen (secondary N) is 1. The number of methoxy groups -OCH3 is 1. The number of carbonyl (C=O) groups excluding carboxylic acids is 1. The average Bonchev–Trinajstić information content (AvgIpc) is 2.53. The van der Waals surface area contributed by atoms with E-state index in [1.165, 1.54) is 12.1 Å². The van der Waals surface area contributed by atoms with Crippen molar-refractivity contribution in [1.82, 2.24) is 5.32 Å². The number of rotatable bonds is 5. The highest BCUT2D eigenvalue weighted by Gasteiger charge is 2.19. The smallest absolute Gasteiger partial charge is 0.251 e. The van der Waals surface area contributed by atoms with Crippen molar-refractivity contribution in [2.75, 3.05) is 7.11 Å². The second-order valence-electron chi connectivity index (χ2n) is 5.13. The second-order valence-corrected chi connectivity index (χ2v) is 7.06. The maximum atomic E-state index is 12.4. The Labute approximate surface area is 145 Å². The zero-order valence-electron chi connectivity index (χ0n) is 13.1. The Kier molecular flexibility index (Phi) is 5.48. The van der Waals surface area contributed by atoms with E-state index in [-0.39, 0.29) is 21.5 Å². The van der Waals surface area contributed by atoms with E-state index in [4.69, 9.17) is 21.5 Å². The van der Waals surface area contributed by atoms with Crippen molar-refractivity contribution in [2.45, 2.75) is 17.9 Å². The zero-order valence-corrected chi connectivity index (χ0v) is 14.7. The summed E-state index contributed by atoms with van der Waals surface area (Å²) in [4.78, 5) is 12.1. The molecular formula is C16H17ClN2O4S. The third kappa shape index (κ3) is 4.05. The van der Waals surface area contributed by atoms with Crippen LogP contribution in [0.15, 0.2) is 47.4 Å². The largest absolute Gasteiger partial charge is 0.496 e. The van der Waals surface area contributed by atoms with E-state index in [1.54, 1.807) is 20.1 Å². The minimum absolute atomic E-state index is 0.0353. The molecule has 0 aliphatic carbocycles. The number of hydrogen-bond acceptors (Lipinski definition) is 4. The van der Waals surface area contributed by atoms with Crippen LogP contribution in [0.4, 0.5) is 0 Å². The van der Waals surface area contributed by atoms with Gasteiger partial charge in [0.15, 0.2) is 0 Å². The molecule has 0 aromatic heterocycles. The van der Waals surface area contributed by atoms with Gasteiger partial charge in [0.25, 0.3) is 5.91 Å². The highest BCUT2D eigenvalue weighted by Crippen LogP contribution is 2.25. The van der Waals surface area contributed by atoms with Crippen LogP contribution in [0.3, 0.4) is 0 Å². The first-order valence-electron chi connectivity index (χ1n) is 7.00. The lowest BCUT2D eigenvalue weighted by Gasteiger charge is -2.17. The number of ether oxygens (including phenoxy) is 1. The molecule has 0 saturated heterocycles. The fraction of sp³-hybridized carbons (Fsp3) is 0.188. The van der Waals surface area contributed by atoms with E-state index >= 15 is 0 Å². The number of para-hydroxylation sites is 1. The van der Waals surface area contributed by atoms with Crippen LogP contribution in [-0.4, -0.2) is 21.4 Å². The summed E-state index contributed by atoms with van der Waals surface area (Å²) in [5.41, 5.74) is 0.944. The van der Waals surface area contributed by atoms with Gasteiger partial charge >= 0.3 is 0 Å². The first-order valence-corrected chi connectivity index (χ1v) is 8.92. The van der Waals surface area contributed by atoms with Crippen LogP contribution >= 0.6 is 11.6 Å². The van der Waals surface area contributed by atoms with Gasteiger partial charge in [-0.05, 0) is 31.2 Å². The van der Waals surface area contributed by atoms with Crippen LogP contribution in [-0.2, 0) is 10.0 Å². The predicted molar refractivity (Wildman–Crippen MR) is 91.7 cm³/mol. The van der Waals surface area contributed by atoms with Crippen molar-refractivity contribution in [3.05, 3.63) is 58.6 Å². The molecular weight excluding hydrogens is 352 g/mol. The Morgan fingerprint density at radius 3 is 2.54 bits per heavy atom. The molecule has 0 aliphatic heterocycles. The van der Waals surface area contributed by atoms with Gasteiger partial charge in [0, 0.05) is 11.1 Å². The average molecular weight is 369 g/mol. The number of benzene rings is 2. The van der Waals surface area contributed by atoms with Crippen molar-refractivity contribution < 1.29 is 17.9 Å². The fourth-order valence-corrected chi connectivity index (χ4v) is 3.32. The highest BCUT2D eigenvalue weighted by molar-refractivity contribution is 7.89. The molecule has 0 saturated carbocycles. The summed E-state index contributed by atoms with van der Waals surface area (Å²) in [7, 11) is -2.47. The van der Waals surface area contributed by atoms with Crippen LogP contribution in [0.25, 0.3) is 0 Å². The third-order valence-corrected chi connectivity index (χ3v) is 4.85. The molecule has 1 amide bonds. The van der Waals surface area contributed by atoms with Gasteiger partial charge in [0.05, 0.1) is 18.2 Å². The van der Waals surface area contributed by atoms with Gasteiger partial charge in [-0.25, -0.2) is 13.6 Å². The van der Waals surface area contributed by atoms with Crippen LogP contribution in [0.1, 0.15) is 28.9 Å². The predicted octanol–water partition coefficient (Wildman–Crippen LogP) is 2.49. The lowest BCUT2D eigenvalue weighted by atomic mass is 10.1. The van der Waals surface area contributed by atoms with Crippen LogP contribution in [0.5, 0.6) is 5.75 Å². The van der Waals surface area contributed by atoms with E-state index < -0.39 is 15.9 Å². The molecule has 0 aliphatic rings. The summed E-state index contributed by atoms with van der Waals surface area (Å²) < 4.78 is 28.3. The van der Waals surface area contributed by atoms with E-state index in [9.17, 15) is 13.2 Å². The van der Waals surface area contributed by atoms with Crippen molar-refractivity contribution in [3.63, 3.8) is 0 Å². The maximum absolute atomic E-state index is 12.4. The number of hydrogen-bond donors (Lipinski definition) is 2. The van der Waals surface area contributed by atoms with Crippen LogP contribution < -0.4 is 15.2 Å². The fourth-order valence-electron chi connectivity index (χ4n) is 2.24. The summed E-state index contributed by atoms with van der Waals surface area (Å²) in [6.07, 6.45) is 0. The Balaban J connectivity index is 2.27. The van der Waals surface area contributed by atoms with Crippen LogP contribution in [0.2, 0.25) is 5.02 Å². The summed E-state index contributed by atoms with van der Waals surface area (Å²) in [5, 5.41) is 7.85. The zero-order chi connectivity index (χ0) is 17.9. The molecule has 3 N–H and O–H groups in total. The molecule has 1 atom stereocenters. The first kappa shape index (κ1) is 18.3. The molecule has 8 heteroatoms. The summed E-state index contributed by atoms with van der Waals surface area (Å²) in [6.45, 7) is 1.80. The Morgan fingerprint density at radius 2 is 1.92 bits per heavy atom. The molecule has 0 heterocycles. The van der Waals surface area contributed by atoms with E-state index in [2.05, 4.69) is 5.32 Å². The number of halogens is 1. The Bertz CT molecular complexity index is 868. The number of carbonyl (C=O) groups is 1. The van der Waals surface area contributed by atoms with Gasteiger partial charge in [-0.2, -0.15) is 0 Å². The van der Waals surface area contributed by atoms with Gasteiger partial charge in [-0.15, -0.1) is 0 Å². The molecule has 0 unspecified atom stereocenters. The standard InChI is InChI=1S/C16H17ClN2O4S/c1-10(12-5-3-4-6-14(12)23-2)19-16(20)11-7-8-13(17)15(9-11)24(18,21)22/h3-10H,1-2H3,(H,19,20)(H2,18,21,22)/t10-/m1/s1. The molecule has 128 valence electrons. The van der Waals surface area contributed by atoms with Crippen molar-refractivity contribution in [3.8, 4) is 5.75 Å². The minimum Gasteiger partial charge on any atom is -0.496 e. The molecule has 6 nitrogen and oxygen atoms in total. The Morgan fingerprint density at radius 1 is 1.25 bits per heavy atom. The lowest BCUT2D eigenvalue weighted by molar-refractivity contribution is 0.0939. The second kappa shape index (κ2) is 7.21. The molecule has 24 heavy (non-hydrogen) atoms. The molecule has 0 radical (unpaired) electrons. The molecule has 2 aromatic carbocycles. The highest BCUT2D eigenvalue weighted by atomic mass is 35.5. The minimum atomic E-state index is -4.01. The molecule has 2 aromatic rings. The first-order chi connectivity index (χ1) is 11.2. The number of amides is 1. The Hall–Kier alpha value is -2.09. The SMILES string of the molecule is COc1ccccc1[C@@H](C)NC(=O)c1ccc(Cl)c(S(N)(=O)=O)c1. The van der Waals surface area contributed by atoms with Gasteiger partial charge in [-0.3, -0.25) is 4.79 Å². The maximum Gasteiger partial charge on any atom is 0.251 e. The van der Waals surface area contributed by atoms with Gasteiger partial charge in [-0.1, -0.05) is 29.8 Å². The summed E-state index contributed by atoms with van der Waals surface area (Å²) in [5.74, 6) is 0.196. The van der Waals surface area contributed by atoms with Crippen molar-refractivity contribution in [2.24, 2.45) is 5.14 Å². The van der Waals surface area contributed by atoms with Gasteiger partial charge in [0.1, 0.15) is 10.6 Å². The van der Waals surface area contributed by atoms with Crippen molar-refractivity contribution in [1.29, 1.82) is 0 Å². The third-order valence-electron chi connectivity index (χ3n) is 3.45. The van der Waals surface area contributed by atoms with E-state index in [0.717, 1.165) is 11.6 Å². The quantitative estimate of drug-likeness (QED) is 0.846. The normalized spacial score (nSPS) is 12.5. The van der Waals surface area contributed by atoms with Crippen molar-refractivity contribution >= 4 is 27.5 Å². The molecule has 0 bridgehead atoms. The van der Waals surface area contributed by atoms with E-state index in [0.29, 0.717) is 5.75 Å². The summed E-state index contributed by atoms with van der Waals surface area (Å²) >= 11 is 5.82. The van der Waals surface area contributed by atoms with Gasteiger partial charge < -0.3 is 10.1 Å².